The summed E-state index contributed by atoms with van der Waals surface area (Å²) in [4.78, 5) is 19.1. The van der Waals surface area contributed by atoms with Crippen LogP contribution in [0.4, 0.5) is 5.69 Å². The summed E-state index contributed by atoms with van der Waals surface area (Å²) >= 11 is 1.67. The minimum atomic E-state index is 0.00158. The fourth-order valence-corrected chi connectivity index (χ4v) is 3.75. The van der Waals surface area contributed by atoms with Crippen molar-refractivity contribution >= 4 is 22.9 Å². The molecule has 1 aliphatic heterocycles. The standard InChI is InChI=1S/C17H21N3O2S/c1-22-14-6-4-5-13(11-14)19-16(21)12-20-9-3-2-7-15(20)17-18-8-10-23-17/h4-6,8,10-11,15H,2-3,7,9,12H2,1H3,(H,19,21)/t15-/m0/s1. The highest BCUT2D eigenvalue weighted by Crippen LogP contribution is 2.31. The maximum Gasteiger partial charge on any atom is 0.238 e. The highest BCUT2D eigenvalue weighted by Gasteiger charge is 2.27. The van der Waals surface area contributed by atoms with Crippen LogP contribution < -0.4 is 10.1 Å². The first-order chi connectivity index (χ1) is 11.3. The minimum Gasteiger partial charge on any atom is -0.497 e. The zero-order chi connectivity index (χ0) is 16.1. The normalized spacial score (nSPS) is 18.6. The molecule has 23 heavy (non-hydrogen) atoms. The second kappa shape index (κ2) is 7.57. The van der Waals surface area contributed by atoms with E-state index in [0.29, 0.717) is 6.54 Å². The maximum absolute atomic E-state index is 12.4. The lowest BCUT2D eigenvalue weighted by molar-refractivity contribution is -0.118. The molecule has 0 unspecified atom stereocenters. The van der Waals surface area contributed by atoms with E-state index in [-0.39, 0.29) is 11.9 Å². The van der Waals surface area contributed by atoms with Gasteiger partial charge < -0.3 is 10.1 Å². The van der Waals surface area contributed by atoms with E-state index < -0.39 is 0 Å². The molecule has 2 aromatic rings. The summed E-state index contributed by atoms with van der Waals surface area (Å²) in [5, 5.41) is 6.06. The van der Waals surface area contributed by atoms with Gasteiger partial charge >= 0.3 is 0 Å². The fourth-order valence-electron chi connectivity index (χ4n) is 2.94. The third kappa shape index (κ3) is 4.09. The Morgan fingerprint density at radius 2 is 2.39 bits per heavy atom. The molecule has 1 aliphatic rings. The number of thiazole rings is 1. The highest BCUT2D eigenvalue weighted by molar-refractivity contribution is 7.09. The van der Waals surface area contributed by atoms with Gasteiger partial charge in [0.15, 0.2) is 0 Å². The van der Waals surface area contributed by atoms with Crippen LogP contribution in [0.2, 0.25) is 0 Å². The van der Waals surface area contributed by atoms with Crippen molar-refractivity contribution in [3.05, 3.63) is 40.8 Å². The molecule has 1 atom stereocenters. The van der Waals surface area contributed by atoms with Crippen molar-refractivity contribution < 1.29 is 9.53 Å². The number of likely N-dealkylation sites (tertiary alicyclic amines) is 1. The number of methoxy groups -OCH3 is 1. The Morgan fingerprint density at radius 3 is 3.17 bits per heavy atom. The molecule has 122 valence electrons. The number of nitrogens with zero attached hydrogens (tertiary/aromatic N) is 2. The monoisotopic (exact) mass is 331 g/mol. The number of benzene rings is 1. The summed E-state index contributed by atoms with van der Waals surface area (Å²) in [5.74, 6) is 0.739. The molecule has 2 heterocycles. The van der Waals surface area contributed by atoms with E-state index in [9.17, 15) is 4.79 Å². The van der Waals surface area contributed by atoms with E-state index in [2.05, 4.69) is 15.2 Å². The van der Waals surface area contributed by atoms with E-state index in [4.69, 9.17) is 4.74 Å². The molecule has 0 radical (unpaired) electrons. The second-order valence-corrected chi connectivity index (χ2v) is 6.56. The molecule has 1 aromatic carbocycles. The van der Waals surface area contributed by atoms with Crippen LogP contribution in [0, 0.1) is 0 Å². The van der Waals surface area contributed by atoms with Gasteiger partial charge in [0.2, 0.25) is 5.91 Å². The molecule has 0 spiro atoms. The van der Waals surface area contributed by atoms with E-state index >= 15 is 0 Å². The zero-order valence-corrected chi connectivity index (χ0v) is 14.0. The summed E-state index contributed by atoms with van der Waals surface area (Å²) in [7, 11) is 1.62. The predicted molar refractivity (Wildman–Crippen MR) is 91.9 cm³/mol. The van der Waals surface area contributed by atoms with Crippen LogP contribution in [0.1, 0.15) is 30.3 Å². The van der Waals surface area contributed by atoms with Crippen molar-refractivity contribution in [2.45, 2.75) is 25.3 Å². The Kier molecular flexibility index (Phi) is 5.25. The lowest BCUT2D eigenvalue weighted by Gasteiger charge is -2.33. The largest absolute Gasteiger partial charge is 0.497 e. The van der Waals surface area contributed by atoms with Gasteiger partial charge in [-0.15, -0.1) is 11.3 Å². The average Bonchev–Trinajstić information content (AvgIpc) is 3.10. The van der Waals surface area contributed by atoms with Crippen LogP contribution >= 0.6 is 11.3 Å². The van der Waals surface area contributed by atoms with Gasteiger partial charge in [-0.1, -0.05) is 12.5 Å². The van der Waals surface area contributed by atoms with Gasteiger partial charge in [-0.2, -0.15) is 0 Å². The van der Waals surface area contributed by atoms with Gasteiger partial charge in [0.25, 0.3) is 0 Å². The van der Waals surface area contributed by atoms with Crippen molar-refractivity contribution in [1.29, 1.82) is 0 Å². The number of aromatic nitrogens is 1. The summed E-state index contributed by atoms with van der Waals surface area (Å²) in [6, 6.07) is 7.69. The van der Waals surface area contributed by atoms with E-state index in [1.54, 1.807) is 18.4 Å². The molecule has 1 aromatic heterocycles. The summed E-state index contributed by atoms with van der Waals surface area (Å²) in [5.41, 5.74) is 0.761. The van der Waals surface area contributed by atoms with Crippen LogP contribution in [0.15, 0.2) is 35.8 Å². The zero-order valence-electron chi connectivity index (χ0n) is 13.2. The highest BCUT2D eigenvalue weighted by atomic mass is 32.1. The molecule has 3 rings (SSSR count). The van der Waals surface area contributed by atoms with Crippen LogP contribution in [-0.2, 0) is 4.79 Å². The van der Waals surface area contributed by atoms with Gasteiger partial charge in [0.05, 0.1) is 19.7 Å². The van der Waals surface area contributed by atoms with Crippen molar-refractivity contribution in [3.8, 4) is 5.75 Å². The number of carbonyl (C=O) groups is 1. The number of carbonyl (C=O) groups excluding carboxylic acids is 1. The summed E-state index contributed by atoms with van der Waals surface area (Å²) < 4.78 is 5.18. The summed E-state index contributed by atoms with van der Waals surface area (Å²) in [6.07, 6.45) is 5.23. The van der Waals surface area contributed by atoms with E-state index in [1.165, 1.54) is 6.42 Å². The fraction of sp³-hybridized carbons (Fsp3) is 0.412. The molecular formula is C17H21N3O2S. The molecule has 5 nitrogen and oxygen atoms in total. The first kappa shape index (κ1) is 16.0. The van der Waals surface area contributed by atoms with Crippen LogP contribution in [-0.4, -0.2) is 36.0 Å². The van der Waals surface area contributed by atoms with Gasteiger partial charge in [0, 0.05) is 23.3 Å². The topological polar surface area (TPSA) is 54.5 Å². The second-order valence-electron chi connectivity index (χ2n) is 5.63. The molecule has 0 aliphatic carbocycles. The Labute approximate surface area is 140 Å². The van der Waals surface area contributed by atoms with Crippen molar-refractivity contribution in [3.63, 3.8) is 0 Å². The number of ether oxygens (including phenoxy) is 1. The van der Waals surface area contributed by atoms with Gasteiger partial charge in [-0.25, -0.2) is 4.98 Å². The van der Waals surface area contributed by atoms with E-state index in [1.807, 2.05) is 35.8 Å². The predicted octanol–water partition coefficient (Wildman–Crippen LogP) is 3.32. The Balaban J connectivity index is 1.63. The SMILES string of the molecule is COc1cccc(NC(=O)CN2CCCC[C@H]2c2nccs2)c1. The summed E-state index contributed by atoms with van der Waals surface area (Å²) in [6.45, 7) is 1.33. The third-order valence-corrected chi connectivity index (χ3v) is 4.93. The average molecular weight is 331 g/mol. The Morgan fingerprint density at radius 1 is 1.48 bits per heavy atom. The van der Waals surface area contributed by atoms with E-state index in [0.717, 1.165) is 35.8 Å². The Bertz CT molecular complexity index is 645. The number of hydrogen-bond donors (Lipinski definition) is 1. The van der Waals surface area contributed by atoms with Crippen molar-refractivity contribution in [1.82, 2.24) is 9.88 Å². The molecule has 1 saturated heterocycles. The Hall–Kier alpha value is -1.92. The van der Waals surface area contributed by atoms with Gasteiger partial charge in [0.1, 0.15) is 10.8 Å². The number of nitrogens with one attached hydrogen (secondary N) is 1. The quantitative estimate of drug-likeness (QED) is 0.913. The maximum atomic E-state index is 12.4. The minimum absolute atomic E-state index is 0.00158. The lowest BCUT2D eigenvalue weighted by atomic mass is 10.0. The smallest absolute Gasteiger partial charge is 0.238 e. The van der Waals surface area contributed by atoms with Crippen molar-refractivity contribution in [2.24, 2.45) is 0 Å². The first-order valence-electron chi connectivity index (χ1n) is 7.83. The molecule has 0 bridgehead atoms. The molecule has 0 saturated carbocycles. The number of piperidine rings is 1. The molecule has 1 N–H and O–H groups in total. The molecule has 6 heteroatoms. The number of amides is 1. The molecule has 1 fully saturated rings. The number of anilines is 1. The third-order valence-electron chi connectivity index (χ3n) is 4.05. The molecule has 1 amide bonds. The number of rotatable bonds is 5. The van der Waals surface area contributed by atoms with Crippen LogP contribution in [0.5, 0.6) is 5.75 Å². The van der Waals surface area contributed by atoms with Crippen LogP contribution in [0.25, 0.3) is 0 Å². The van der Waals surface area contributed by atoms with Crippen LogP contribution in [0.3, 0.4) is 0 Å². The van der Waals surface area contributed by atoms with Gasteiger partial charge in [-0.05, 0) is 31.5 Å². The lowest BCUT2D eigenvalue weighted by Crippen LogP contribution is -2.39. The van der Waals surface area contributed by atoms with Crippen molar-refractivity contribution in [2.75, 3.05) is 25.5 Å². The van der Waals surface area contributed by atoms with Gasteiger partial charge in [-0.3, -0.25) is 9.69 Å². The first-order valence-corrected chi connectivity index (χ1v) is 8.71. The molecular weight excluding hydrogens is 310 g/mol. The number of hydrogen-bond acceptors (Lipinski definition) is 5.